The Kier molecular flexibility index (Phi) is 5.61. The topological polar surface area (TPSA) is 78.4 Å². The minimum Gasteiger partial charge on any atom is -0.396 e. The molecule has 5 nitrogen and oxygen atoms in total. The number of rotatable bonds is 7. The first kappa shape index (κ1) is 16.3. The smallest absolute Gasteiger partial charge is 0.240 e. The Hall–Kier alpha value is -1.11. The summed E-state index contributed by atoms with van der Waals surface area (Å²) in [5.74, 6) is 0.895. The fourth-order valence-electron chi connectivity index (χ4n) is 2.90. The zero-order chi connectivity index (χ0) is 15.3. The largest absolute Gasteiger partial charge is 0.396 e. The number of benzene rings is 1. The van der Waals surface area contributed by atoms with E-state index in [1.807, 2.05) is 0 Å². The third kappa shape index (κ3) is 4.18. The lowest BCUT2D eigenvalue weighted by atomic mass is 9.97. The molecule has 3 N–H and O–H groups in total. The minimum atomic E-state index is -3.38. The average molecular weight is 312 g/mol. The second-order valence-corrected chi connectivity index (χ2v) is 7.31. The predicted octanol–water partition coefficient (Wildman–Crippen LogP) is 1.81. The van der Waals surface area contributed by atoms with Crippen molar-refractivity contribution in [2.75, 3.05) is 25.0 Å². The van der Waals surface area contributed by atoms with Gasteiger partial charge in [0, 0.05) is 25.4 Å². The third-order valence-electron chi connectivity index (χ3n) is 4.12. The Morgan fingerprint density at radius 2 is 1.86 bits per heavy atom. The van der Waals surface area contributed by atoms with Crippen LogP contribution >= 0.6 is 0 Å². The zero-order valence-corrected chi connectivity index (χ0v) is 13.2. The van der Waals surface area contributed by atoms with Crippen LogP contribution in [0.3, 0.4) is 0 Å². The van der Waals surface area contributed by atoms with Gasteiger partial charge in [-0.25, -0.2) is 13.1 Å². The number of nitrogens with one attached hydrogen (secondary N) is 2. The first-order valence-electron chi connectivity index (χ1n) is 7.51. The van der Waals surface area contributed by atoms with Gasteiger partial charge in [0.15, 0.2) is 0 Å². The van der Waals surface area contributed by atoms with E-state index in [2.05, 4.69) is 10.0 Å². The van der Waals surface area contributed by atoms with E-state index >= 15 is 0 Å². The van der Waals surface area contributed by atoms with Crippen LogP contribution in [0.5, 0.6) is 0 Å². The summed E-state index contributed by atoms with van der Waals surface area (Å²) in [4.78, 5) is 0.281. The Morgan fingerprint density at radius 1 is 1.19 bits per heavy atom. The molecule has 0 heterocycles. The lowest BCUT2D eigenvalue weighted by Gasteiger charge is -2.18. The molecule has 1 saturated carbocycles. The fourth-order valence-corrected chi connectivity index (χ4v) is 3.94. The van der Waals surface area contributed by atoms with E-state index in [-0.39, 0.29) is 11.5 Å². The molecule has 6 heteroatoms. The lowest BCUT2D eigenvalue weighted by Crippen LogP contribution is -2.23. The molecule has 1 aromatic carbocycles. The van der Waals surface area contributed by atoms with Crippen molar-refractivity contribution in [2.24, 2.45) is 11.8 Å². The number of aliphatic hydroxyl groups excluding tert-OH is 1. The molecule has 1 aliphatic carbocycles. The summed E-state index contributed by atoms with van der Waals surface area (Å²) in [5, 5.41) is 12.6. The summed E-state index contributed by atoms with van der Waals surface area (Å²) in [5.41, 5.74) is 0.911. The summed E-state index contributed by atoms with van der Waals surface area (Å²) < 4.78 is 26.1. The van der Waals surface area contributed by atoms with Gasteiger partial charge in [-0.3, -0.25) is 0 Å². The molecule has 118 valence electrons. The van der Waals surface area contributed by atoms with Crippen molar-refractivity contribution in [2.45, 2.75) is 31.1 Å². The Balaban J connectivity index is 1.94. The molecule has 0 spiro atoms. The maximum Gasteiger partial charge on any atom is 0.240 e. The molecule has 0 radical (unpaired) electrons. The van der Waals surface area contributed by atoms with Crippen LogP contribution in [0.25, 0.3) is 0 Å². The summed E-state index contributed by atoms with van der Waals surface area (Å²) >= 11 is 0. The van der Waals surface area contributed by atoms with Gasteiger partial charge >= 0.3 is 0 Å². The van der Waals surface area contributed by atoms with Crippen molar-refractivity contribution in [1.82, 2.24) is 4.72 Å². The van der Waals surface area contributed by atoms with Crippen molar-refractivity contribution in [3.63, 3.8) is 0 Å². The van der Waals surface area contributed by atoms with Gasteiger partial charge in [-0.05, 0) is 48.9 Å². The van der Waals surface area contributed by atoms with Crippen LogP contribution in [0, 0.1) is 11.8 Å². The number of aliphatic hydroxyl groups is 1. The molecular weight excluding hydrogens is 288 g/mol. The minimum absolute atomic E-state index is 0.256. The number of anilines is 1. The highest BCUT2D eigenvalue weighted by Gasteiger charge is 2.26. The first-order chi connectivity index (χ1) is 10.1. The summed E-state index contributed by atoms with van der Waals surface area (Å²) in [6.45, 7) is 3.22. The summed E-state index contributed by atoms with van der Waals surface area (Å²) in [6.07, 6.45) is 3.42. The van der Waals surface area contributed by atoms with E-state index in [0.29, 0.717) is 18.4 Å². The molecule has 2 rings (SSSR count). The van der Waals surface area contributed by atoms with Crippen molar-refractivity contribution in [1.29, 1.82) is 0 Å². The van der Waals surface area contributed by atoms with Gasteiger partial charge in [0.05, 0.1) is 4.90 Å². The van der Waals surface area contributed by atoms with Crippen LogP contribution in [0.2, 0.25) is 0 Å². The van der Waals surface area contributed by atoms with Crippen molar-refractivity contribution in [3.05, 3.63) is 24.3 Å². The molecule has 0 bridgehead atoms. The van der Waals surface area contributed by atoms with Crippen LogP contribution in [-0.2, 0) is 10.0 Å². The number of sulfonamides is 1. The fraction of sp³-hybridized carbons (Fsp3) is 0.600. The van der Waals surface area contributed by atoms with E-state index in [0.717, 1.165) is 25.1 Å². The van der Waals surface area contributed by atoms with Crippen LogP contribution in [-0.4, -0.2) is 33.2 Å². The molecule has 21 heavy (non-hydrogen) atoms. The molecule has 0 amide bonds. The van der Waals surface area contributed by atoms with Gasteiger partial charge in [0.2, 0.25) is 10.0 Å². The predicted molar refractivity (Wildman–Crippen MR) is 83.7 cm³/mol. The van der Waals surface area contributed by atoms with Crippen molar-refractivity contribution < 1.29 is 13.5 Å². The summed E-state index contributed by atoms with van der Waals surface area (Å²) in [6, 6.07) is 6.79. The summed E-state index contributed by atoms with van der Waals surface area (Å²) in [7, 11) is -3.38. The maximum absolute atomic E-state index is 11.8. The molecule has 1 fully saturated rings. The molecule has 0 aliphatic heterocycles. The Bertz CT molecular complexity index is 543. The maximum atomic E-state index is 11.8. The van der Waals surface area contributed by atoms with Gasteiger partial charge in [0.1, 0.15) is 0 Å². The van der Waals surface area contributed by atoms with Crippen LogP contribution < -0.4 is 10.0 Å². The zero-order valence-electron chi connectivity index (χ0n) is 12.4. The van der Waals surface area contributed by atoms with Crippen LogP contribution in [0.4, 0.5) is 5.69 Å². The van der Waals surface area contributed by atoms with Gasteiger partial charge in [-0.2, -0.15) is 0 Å². The van der Waals surface area contributed by atoms with Gasteiger partial charge in [-0.15, -0.1) is 0 Å². The van der Waals surface area contributed by atoms with E-state index in [4.69, 9.17) is 0 Å². The van der Waals surface area contributed by atoms with Crippen molar-refractivity contribution >= 4 is 15.7 Å². The monoisotopic (exact) mass is 312 g/mol. The van der Waals surface area contributed by atoms with Gasteiger partial charge in [-0.1, -0.05) is 13.3 Å². The second-order valence-electron chi connectivity index (χ2n) is 5.54. The highest BCUT2D eigenvalue weighted by molar-refractivity contribution is 7.89. The standard InChI is InChI=1S/C15H24N2O3S/c1-2-17-21(19,20)15-8-6-14(7-9-15)16-10-12-4-3-5-13(12)11-18/h6-9,12-13,16-18H,2-5,10-11H2,1H3. The van der Waals surface area contributed by atoms with Gasteiger partial charge in [0.25, 0.3) is 0 Å². The van der Waals surface area contributed by atoms with Crippen LogP contribution in [0.15, 0.2) is 29.2 Å². The van der Waals surface area contributed by atoms with E-state index < -0.39 is 10.0 Å². The normalized spacial score (nSPS) is 22.4. The van der Waals surface area contributed by atoms with Crippen molar-refractivity contribution in [3.8, 4) is 0 Å². The lowest BCUT2D eigenvalue weighted by molar-refractivity contribution is 0.199. The molecule has 2 atom stereocenters. The van der Waals surface area contributed by atoms with E-state index in [9.17, 15) is 13.5 Å². The van der Waals surface area contributed by atoms with E-state index in [1.54, 1.807) is 31.2 Å². The molecular formula is C15H24N2O3S. The molecule has 0 saturated heterocycles. The second kappa shape index (κ2) is 7.24. The SMILES string of the molecule is CCNS(=O)(=O)c1ccc(NCC2CCCC2CO)cc1. The third-order valence-corrected chi connectivity index (χ3v) is 5.68. The van der Waals surface area contributed by atoms with Gasteiger partial charge < -0.3 is 10.4 Å². The molecule has 2 unspecified atom stereocenters. The van der Waals surface area contributed by atoms with E-state index in [1.165, 1.54) is 6.42 Å². The first-order valence-corrected chi connectivity index (χ1v) is 8.99. The highest BCUT2D eigenvalue weighted by atomic mass is 32.2. The molecule has 1 aromatic rings. The Morgan fingerprint density at radius 3 is 2.48 bits per heavy atom. The number of hydrogen-bond donors (Lipinski definition) is 3. The average Bonchev–Trinajstić information content (AvgIpc) is 2.93. The quantitative estimate of drug-likeness (QED) is 0.717. The molecule has 1 aliphatic rings. The van der Waals surface area contributed by atoms with Crippen LogP contribution in [0.1, 0.15) is 26.2 Å². The Labute approximate surface area is 126 Å². The highest BCUT2D eigenvalue weighted by Crippen LogP contribution is 2.31. The molecule has 0 aromatic heterocycles. The number of hydrogen-bond acceptors (Lipinski definition) is 4.